The maximum atomic E-state index is 12.2. The molecule has 5 nitrogen and oxygen atoms in total. The van der Waals surface area contributed by atoms with Crippen molar-refractivity contribution in [3.63, 3.8) is 0 Å². The fourth-order valence-corrected chi connectivity index (χ4v) is 2.52. The highest BCUT2D eigenvalue weighted by molar-refractivity contribution is 5.92. The third kappa shape index (κ3) is 4.12. The van der Waals surface area contributed by atoms with E-state index in [1.165, 1.54) is 5.56 Å². The lowest BCUT2D eigenvalue weighted by Crippen LogP contribution is -2.20. The third-order valence-electron chi connectivity index (χ3n) is 3.92. The largest absolute Gasteiger partial charge is 0.467 e. The summed E-state index contributed by atoms with van der Waals surface area (Å²) in [6, 6.07) is 15.4. The lowest BCUT2D eigenvalue weighted by molar-refractivity contribution is -0.118. The first-order valence-electron chi connectivity index (χ1n) is 8.46. The fourth-order valence-electron chi connectivity index (χ4n) is 2.52. The van der Waals surface area contributed by atoms with Gasteiger partial charge in [0.05, 0.1) is 10.9 Å². The number of aryl methyl sites for hydroxylation is 2. The van der Waals surface area contributed by atoms with Crippen LogP contribution in [0.25, 0.3) is 10.9 Å². The van der Waals surface area contributed by atoms with Crippen LogP contribution in [-0.4, -0.2) is 22.5 Å². The topological polar surface area (TPSA) is 64.1 Å². The average Bonchev–Trinajstić information content (AvgIpc) is 2.66. The van der Waals surface area contributed by atoms with Gasteiger partial charge in [0.2, 0.25) is 5.88 Å². The molecule has 3 rings (SSSR count). The standard InChI is InChI=1S/C20H21N3O2/c1-3-14-9-11-15(12-10-14)21-19(24)13-25-20-16-7-5-6-8-17(16)22-18(4-2)23-20/h5-12H,3-4,13H2,1-2H3,(H,21,24). The zero-order valence-corrected chi connectivity index (χ0v) is 14.5. The summed E-state index contributed by atoms with van der Waals surface area (Å²) in [5.74, 6) is 0.924. The zero-order valence-electron chi connectivity index (χ0n) is 14.5. The Bertz CT molecular complexity index is 876. The molecule has 1 aromatic heterocycles. The Kier molecular flexibility index (Phi) is 5.23. The van der Waals surface area contributed by atoms with Gasteiger partial charge in [0.15, 0.2) is 6.61 Å². The molecule has 0 aliphatic heterocycles. The van der Waals surface area contributed by atoms with E-state index < -0.39 is 0 Å². The summed E-state index contributed by atoms with van der Waals surface area (Å²) in [6.07, 6.45) is 1.68. The number of nitrogens with zero attached hydrogens (tertiary/aromatic N) is 2. The Hall–Kier alpha value is -2.95. The number of rotatable bonds is 6. The van der Waals surface area contributed by atoms with Crippen molar-refractivity contribution < 1.29 is 9.53 Å². The molecular weight excluding hydrogens is 314 g/mol. The Labute approximate surface area is 147 Å². The molecule has 25 heavy (non-hydrogen) atoms. The Morgan fingerprint density at radius 2 is 1.76 bits per heavy atom. The lowest BCUT2D eigenvalue weighted by atomic mass is 10.1. The second kappa shape index (κ2) is 7.75. The van der Waals surface area contributed by atoms with Crippen molar-refractivity contribution in [2.24, 2.45) is 0 Å². The minimum absolute atomic E-state index is 0.0975. The first-order chi connectivity index (χ1) is 12.2. The predicted octanol–water partition coefficient (Wildman–Crippen LogP) is 3.77. The van der Waals surface area contributed by atoms with Gasteiger partial charge in [-0.05, 0) is 36.2 Å². The van der Waals surface area contributed by atoms with E-state index in [-0.39, 0.29) is 12.5 Å². The number of aromatic nitrogens is 2. The van der Waals surface area contributed by atoms with Crippen molar-refractivity contribution in [2.75, 3.05) is 11.9 Å². The van der Waals surface area contributed by atoms with E-state index in [0.717, 1.165) is 23.0 Å². The maximum absolute atomic E-state index is 12.2. The molecule has 0 fully saturated rings. The lowest BCUT2D eigenvalue weighted by Gasteiger charge is -2.10. The van der Waals surface area contributed by atoms with Crippen LogP contribution in [0.2, 0.25) is 0 Å². The van der Waals surface area contributed by atoms with Crippen LogP contribution < -0.4 is 10.1 Å². The highest BCUT2D eigenvalue weighted by atomic mass is 16.5. The number of para-hydroxylation sites is 1. The van der Waals surface area contributed by atoms with Gasteiger partial charge in [-0.15, -0.1) is 0 Å². The highest BCUT2D eigenvalue weighted by Gasteiger charge is 2.10. The van der Waals surface area contributed by atoms with Crippen molar-refractivity contribution in [3.05, 3.63) is 59.9 Å². The van der Waals surface area contributed by atoms with E-state index >= 15 is 0 Å². The number of hydrogen-bond donors (Lipinski definition) is 1. The van der Waals surface area contributed by atoms with Gasteiger partial charge in [-0.1, -0.05) is 38.1 Å². The van der Waals surface area contributed by atoms with Crippen LogP contribution in [0.1, 0.15) is 25.2 Å². The third-order valence-corrected chi connectivity index (χ3v) is 3.92. The van der Waals surface area contributed by atoms with Gasteiger partial charge in [-0.2, -0.15) is 4.98 Å². The monoisotopic (exact) mass is 335 g/mol. The van der Waals surface area contributed by atoms with Gasteiger partial charge in [0.1, 0.15) is 5.82 Å². The number of amides is 1. The molecule has 0 unspecified atom stereocenters. The molecule has 0 saturated heterocycles. The number of hydrogen-bond acceptors (Lipinski definition) is 4. The number of carbonyl (C=O) groups is 1. The summed E-state index contributed by atoms with van der Waals surface area (Å²) in [5.41, 5.74) is 2.81. The molecule has 1 heterocycles. The first kappa shape index (κ1) is 16.9. The van der Waals surface area contributed by atoms with Crippen LogP contribution in [0.4, 0.5) is 5.69 Å². The number of anilines is 1. The van der Waals surface area contributed by atoms with Crippen molar-refractivity contribution in [1.29, 1.82) is 0 Å². The van der Waals surface area contributed by atoms with Crippen molar-refractivity contribution >= 4 is 22.5 Å². The molecule has 5 heteroatoms. The van der Waals surface area contributed by atoms with E-state index in [1.54, 1.807) is 0 Å². The summed E-state index contributed by atoms with van der Waals surface area (Å²) in [6.45, 7) is 3.98. The molecule has 128 valence electrons. The van der Waals surface area contributed by atoms with E-state index in [0.29, 0.717) is 18.1 Å². The normalized spacial score (nSPS) is 10.6. The van der Waals surface area contributed by atoms with Crippen LogP contribution in [0.5, 0.6) is 5.88 Å². The number of fused-ring (bicyclic) bond motifs is 1. The summed E-state index contributed by atoms with van der Waals surface area (Å²) in [5, 5.41) is 3.64. The van der Waals surface area contributed by atoms with Gasteiger partial charge in [0, 0.05) is 12.1 Å². The first-order valence-corrected chi connectivity index (χ1v) is 8.46. The zero-order chi connectivity index (χ0) is 17.6. The summed E-state index contributed by atoms with van der Waals surface area (Å²) < 4.78 is 5.68. The highest BCUT2D eigenvalue weighted by Crippen LogP contribution is 2.22. The minimum atomic E-state index is -0.218. The Morgan fingerprint density at radius 3 is 2.48 bits per heavy atom. The molecule has 2 aromatic carbocycles. The van der Waals surface area contributed by atoms with Crippen LogP contribution >= 0.6 is 0 Å². The van der Waals surface area contributed by atoms with Crippen LogP contribution in [-0.2, 0) is 17.6 Å². The number of nitrogens with one attached hydrogen (secondary N) is 1. The fraction of sp³-hybridized carbons (Fsp3) is 0.250. The molecular formula is C20H21N3O2. The van der Waals surface area contributed by atoms with E-state index in [9.17, 15) is 4.79 Å². The van der Waals surface area contributed by atoms with E-state index in [4.69, 9.17) is 4.74 Å². The molecule has 0 aliphatic rings. The smallest absolute Gasteiger partial charge is 0.262 e. The summed E-state index contributed by atoms with van der Waals surface area (Å²) in [4.78, 5) is 21.0. The summed E-state index contributed by atoms with van der Waals surface area (Å²) in [7, 11) is 0. The molecule has 0 radical (unpaired) electrons. The Morgan fingerprint density at radius 1 is 1.00 bits per heavy atom. The van der Waals surface area contributed by atoms with Gasteiger partial charge in [-0.25, -0.2) is 4.98 Å². The van der Waals surface area contributed by atoms with Gasteiger partial charge >= 0.3 is 0 Å². The van der Waals surface area contributed by atoms with Crippen molar-refractivity contribution in [2.45, 2.75) is 26.7 Å². The quantitative estimate of drug-likeness (QED) is 0.745. The van der Waals surface area contributed by atoms with E-state index in [2.05, 4.69) is 22.2 Å². The predicted molar refractivity (Wildman–Crippen MR) is 98.9 cm³/mol. The summed E-state index contributed by atoms with van der Waals surface area (Å²) >= 11 is 0. The maximum Gasteiger partial charge on any atom is 0.262 e. The van der Waals surface area contributed by atoms with E-state index in [1.807, 2.05) is 55.5 Å². The number of benzene rings is 2. The van der Waals surface area contributed by atoms with Crippen LogP contribution in [0, 0.1) is 0 Å². The molecule has 0 saturated carbocycles. The SMILES string of the molecule is CCc1ccc(NC(=O)COc2nc(CC)nc3ccccc23)cc1. The molecule has 1 amide bonds. The van der Waals surface area contributed by atoms with Crippen LogP contribution in [0.15, 0.2) is 48.5 Å². The van der Waals surface area contributed by atoms with Crippen molar-refractivity contribution in [1.82, 2.24) is 9.97 Å². The Balaban J connectivity index is 1.70. The van der Waals surface area contributed by atoms with Gasteiger partial charge < -0.3 is 10.1 Å². The molecule has 0 aliphatic carbocycles. The number of ether oxygens (including phenoxy) is 1. The molecule has 0 spiro atoms. The number of carbonyl (C=O) groups excluding carboxylic acids is 1. The second-order valence-electron chi connectivity index (χ2n) is 5.70. The minimum Gasteiger partial charge on any atom is -0.467 e. The second-order valence-corrected chi connectivity index (χ2v) is 5.70. The molecule has 0 atom stereocenters. The van der Waals surface area contributed by atoms with Gasteiger partial charge in [-0.3, -0.25) is 4.79 Å². The molecule has 3 aromatic rings. The van der Waals surface area contributed by atoms with Gasteiger partial charge in [0.25, 0.3) is 5.91 Å². The van der Waals surface area contributed by atoms with Crippen molar-refractivity contribution in [3.8, 4) is 5.88 Å². The molecule has 1 N–H and O–H groups in total. The van der Waals surface area contributed by atoms with Crippen LogP contribution in [0.3, 0.4) is 0 Å². The average molecular weight is 335 g/mol. The molecule has 0 bridgehead atoms.